The smallest absolute Gasteiger partial charge is 0.00314 e. The van der Waals surface area contributed by atoms with E-state index in [9.17, 15) is 0 Å². The van der Waals surface area contributed by atoms with Gasteiger partial charge < -0.3 is 0 Å². The van der Waals surface area contributed by atoms with E-state index in [4.69, 9.17) is 0 Å². The number of alkyl halides is 1. The van der Waals surface area contributed by atoms with Gasteiger partial charge in [0.15, 0.2) is 0 Å². The summed E-state index contributed by atoms with van der Waals surface area (Å²) in [5.41, 5.74) is 0. The Balaban J connectivity index is 1.84. The van der Waals surface area contributed by atoms with Gasteiger partial charge in [-0.3, -0.25) is 0 Å². The van der Waals surface area contributed by atoms with Crippen LogP contribution in [0.15, 0.2) is 12.2 Å². The summed E-state index contributed by atoms with van der Waals surface area (Å²) in [5, 5.41) is 1.19. The average Bonchev–Trinajstić information content (AvgIpc) is 2.60. The van der Waals surface area contributed by atoms with Crippen molar-refractivity contribution in [1.29, 1.82) is 0 Å². The molecule has 1 saturated carbocycles. The molecule has 0 aromatic heterocycles. The van der Waals surface area contributed by atoms with Gasteiger partial charge in [0.25, 0.3) is 0 Å². The Labute approximate surface area is 77.2 Å². The Hall–Kier alpha value is 0.220. The first kappa shape index (κ1) is 7.85. The fraction of sp³-hybridized carbons (Fsp3) is 0.800. The largest absolute Gasteiger partial charge is 0.0928 e. The Morgan fingerprint density at radius 3 is 2.73 bits per heavy atom. The molecule has 0 aromatic rings. The van der Waals surface area contributed by atoms with Crippen molar-refractivity contribution in [3.63, 3.8) is 0 Å². The van der Waals surface area contributed by atoms with Crippen molar-refractivity contribution in [3.8, 4) is 0 Å². The zero-order valence-electron chi connectivity index (χ0n) is 6.80. The van der Waals surface area contributed by atoms with Crippen LogP contribution in [-0.2, 0) is 0 Å². The minimum atomic E-state index is 0.957. The topological polar surface area (TPSA) is 0 Å². The first-order chi connectivity index (χ1) is 5.40. The molecule has 0 amide bonds. The first-order valence-electron chi connectivity index (χ1n) is 4.64. The van der Waals surface area contributed by atoms with E-state index in [1.54, 1.807) is 0 Å². The van der Waals surface area contributed by atoms with Gasteiger partial charge in [0, 0.05) is 5.33 Å². The van der Waals surface area contributed by atoms with Crippen molar-refractivity contribution in [2.45, 2.75) is 25.7 Å². The van der Waals surface area contributed by atoms with Gasteiger partial charge in [0.05, 0.1) is 0 Å². The van der Waals surface area contributed by atoms with Gasteiger partial charge in [-0.25, -0.2) is 0 Å². The average molecular weight is 215 g/mol. The lowest BCUT2D eigenvalue weighted by molar-refractivity contribution is 0.413. The second-order valence-corrected chi connectivity index (χ2v) is 4.66. The van der Waals surface area contributed by atoms with Gasteiger partial charge in [-0.05, 0) is 43.4 Å². The predicted octanol–water partition coefficient (Wildman–Crippen LogP) is 3.37. The normalized spacial score (nSPS) is 40.3. The van der Waals surface area contributed by atoms with Crippen LogP contribution in [0.25, 0.3) is 0 Å². The predicted molar refractivity (Wildman–Crippen MR) is 51.9 cm³/mol. The van der Waals surface area contributed by atoms with E-state index in [1.165, 1.54) is 31.0 Å². The van der Waals surface area contributed by atoms with Crippen molar-refractivity contribution >= 4 is 15.9 Å². The molecule has 0 aromatic carbocycles. The molecule has 11 heavy (non-hydrogen) atoms. The molecule has 62 valence electrons. The molecule has 0 heterocycles. The van der Waals surface area contributed by atoms with Crippen LogP contribution in [0, 0.1) is 17.8 Å². The number of allylic oxidation sites excluding steroid dienone is 2. The highest BCUT2D eigenvalue weighted by Gasteiger charge is 2.34. The highest BCUT2D eigenvalue weighted by molar-refractivity contribution is 9.09. The van der Waals surface area contributed by atoms with Crippen LogP contribution < -0.4 is 0 Å². The van der Waals surface area contributed by atoms with Crippen molar-refractivity contribution in [2.75, 3.05) is 5.33 Å². The van der Waals surface area contributed by atoms with Gasteiger partial charge in [0.2, 0.25) is 0 Å². The van der Waals surface area contributed by atoms with Crippen molar-refractivity contribution < 1.29 is 0 Å². The van der Waals surface area contributed by atoms with E-state index in [0.717, 1.165) is 17.8 Å². The first-order valence-corrected chi connectivity index (χ1v) is 5.76. The highest BCUT2D eigenvalue weighted by atomic mass is 79.9. The van der Waals surface area contributed by atoms with Crippen LogP contribution >= 0.6 is 15.9 Å². The third-order valence-corrected chi connectivity index (χ3v) is 3.69. The third-order valence-electron chi connectivity index (χ3n) is 3.12. The van der Waals surface area contributed by atoms with Crippen LogP contribution in [0.4, 0.5) is 0 Å². The Morgan fingerprint density at radius 2 is 2.18 bits per heavy atom. The summed E-state index contributed by atoms with van der Waals surface area (Å²) in [4.78, 5) is 0. The number of hydrogen-bond donors (Lipinski definition) is 0. The Morgan fingerprint density at radius 1 is 1.27 bits per heavy atom. The molecule has 2 aliphatic rings. The summed E-state index contributed by atoms with van der Waals surface area (Å²) >= 11 is 3.49. The number of rotatable bonds is 3. The maximum Gasteiger partial charge on any atom is 0.00314 e. The zero-order valence-corrected chi connectivity index (χ0v) is 8.39. The Kier molecular flexibility index (Phi) is 2.36. The van der Waals surface area contributed by atoms with Gasteiger partial charge in [-0.15, -0.1) is 0 Å². The second kappa shape index (κ2) is 3.30. The van der Waals surface area contributed by atoms with Gasteiger partial charge in [0.1, 0.15) is 0 Å². The maximum absolute atomic E-state index is 3.49. The van der Waals surface area contributed by atoms with E-state index in [-0.39, 0.29) is 0 Å². The number of fused-ring (bicyclic) bond motifs is 2. The van der Waals surface area contributed by atoms with Gasteiger partial charge in [-0.2, -0.15) is 0 Å². The molecule has 2 aliphatic carbocycles. The lowest BCUT2D eigenvalue weighted by Crippen LogP contribution is -2.06. The molecule has 2 rings (SSSR count). The summed E-state index contributed by atoms with van der Waals surface area (Å²) in [7, 11) is 0. The molecule has 0 saturated heterocycles. The molecule has 2 bridgehead atoms. The summed E-state index contributed by atoms with van der Waals surface area (Å²) in [6.45, 7) is 0. The maximum atomic E-state index is 3.49. The molecule has 1 heteroatoms. The van der Waals surface area contributed by atoms with Crippen LogP contribution in [0.3, 0.4) is 0 Å². The second-order valence-electron chi connectivity index (χ2n) is 3.87. The SMILES string of the molecule is BrCCCC1CC2C=CC1C2. The quantitative estimate of drug-likeness (QED) is 0.500. The van der Waals surface area contributed by atoms with Gasteiger partial charge >= 0.3 is 0 Å². The van der Waals surface area contributed by atoms with Gasteiger partial charge in [-0.1, -0.05) is 28.1 Å². The van der Waals surface area contributed by atoms with E-state index in [1.807, 2.05) is 0 Å². The summed E-state index contributed by atoms with van der Waals surface area (Å²) in [6, 6.07) is 0. The fourth-order valence-electron chi connectivity index (χ4n) is 2.57. The molecule has 0 nitrogen and oxygen atoms in total. The minimum absolute atomic E-state index is 0.957. The lowest BCUT2D eigenvalue weighted by Gasteiger charge is -2.16. The van der Waals surface area contributed by atoms with E-state index >= 15 is 0 Å². The zero-order chi connectivity index (χ0) is 7.68. The minimum Gasteiger partial charge on any atom is -0.0928 e. The number of hydrogen-bond acceptors (Lipinski definition) is 0. The van der Waals surface area contributed by atoms with Crippen molar-refractivity contribution in [2.24, 2.45) is 17.8 Å². The monoisotopic (exact) mass is 214 g/mol. The van der Waals surface area contributed by atoms with E-state index in [0.29, 0.717) is 0 Å². The van der Waals surface area contributed by atoms with Crippen LogP contribution in [0.2, 0.25) is 0 Å². The van der Waals surface area contributed by atoms with Crippen molar-refractivity contribution in [1.82, 2.24) is 0 Å². The van der Waals surface area contributed by atoms with E-state index in [2.05, 4.69) is 28.1 Å². The Bertz CT molecular complexity index is 162. The molecule has 0 spiro atoms. The summed E-state index contributed by atoms with van der Waals surface area (Å²) in [6.07, 6.45) is 10.6. The third kappa shape index (κ3) is 1.53. The van der Waals surface area contributed by atoms with Crippen molar-refractivity contribution in [3.05, 3.63) is 12.2 Å². The highest BCUT2D eigenvalue weighted by Crippen LogP contribution is 2.45. The summed E-state index contributed by atoms with van der Waals surface area (Å²) < 4.78 is 0. The molecule has 0 radical (unpaired) electrons. The number of halogens is 1. The molecule has 3 atom stereocenters. The molecule has 0 N–H and O–H groups in total. The molecule has 1 fully saturated rings. The summed E-state index contributed by atoms with van der Waals surface area (Å²) in [5.74, 6) is 2.95. The fourth-order valence-corrected chi connectivity index (χ4v) is 2.89. The van der Waals surface area contributed by atoms with Crippen LogP contribution in [-0.4, -0.2) is 5.33 Å². The molecule has 3 unspecified atom stereocenters. The van der Waals surface area contributed by atoms with Crippen LogP contribution in [0.5, 0.6) is 0 Å². The molecule has 0 aliphatic heterocycles. The molecular weight excluding hydrogens is 200 g/mol. The molecular formula is C10H15Br. The lowest BCUT2D eigenvalue weighted by atomic mass is 9.90. The van der Waals surface area contributed by atoms with Crippen LogP contribution in [0.1, 0.15) is 25.7 Å². The van der Waals surface area contributed by atoms with E-state index < -0.39 is 0 Å². The standard InChI is InChI=1S/C10H15Br/c11-5-1-2-9-6-8-3-4-10(9)7-8/h3-4,8-10H,1-2,5-7H2.